The van der Waals surface area contributed by atoms with Gasteiger partial charge in [0.15, 0.2) is 0 Å². The number of rotatable bonds is 9. The van der Waals surface area contributed by atoms with Crippen molar-refractivity contribution >= 4 is 21.9 Å². The van der Waals surface area contributed by atoms with Crippen molar-refractivity contribution in [3.05, 3.63) is 65.2 Å². The van der Waals surface area contributed by atoms with Crippen LogP contribution in [-0.4, -0.2) is 26.4 Å². The van der Waals surface area contributed by atoms with Gasteiger partial charge in [0, 0.05) is 6.42 Å². The zero-order valence-corrected chi connectivity index (χ0v) is 18.2. The molecule has 3 N–H and O–H groups in total. The molecule has 162 valence electrons. The monoisotopic (exact) mass is 432 g/mol. The van der Waals surface area contributed by atoms with Crippen molar-refractivity contribution in [3.8, 4) is 0 Å². The fourth-order valence-electron chi connectivity index (χ4n) is 2.90. The lowest BCUT2D eigenvalue weighted by molar-refractivity contribution is -0.148. The molecule has 0 aliphatic carbocycles. The number of nitrogens with two attached hydrogens (primary N) is 1. The quantitative estimate of drug-likeness (QED) is 0.591. The highest BCUT2D eigenvalue weighted by atomic mass is 32.2. The Morgan fingerprint density at radius 3 is 2.17 bits per heavy atom. The van der Waals surface area contributed by atoms with Crippen LogP contribution in [0.5, 0.6) is 0 Å². The number of nitrogens with one attached hydrogen (secondary N) is 1. The van der Waals surface area contributed by atoms with Crippen LogP contribution in [0.2, 0.25) is 0 Å². The second-order valence-electron chi connectivity index (χ2n) is 7.46. The molecule has 1 unspecified atom stereocenters. The summed E-state index contributed by atoms with van der Waals surface area (Å²) >= 11 is 0. The van der Waals surface area contributed by atoms with E-state index in [0.29, 0.717) is 6.42 Å². The van der Waals surface area contributed by atoms with Crippen LogP contribution in [0.15, 0.2) is 53.4 Å². The summed E-state index contributed by atoms with van der Waals surface area (Å²) in [5, 5.41) is 8.00. The number of carbonyl (C=O) groups excluding carboxylic acids is 2. The van der Waals surface area contributed by atoms with Crippen LogP contribution in [-0.2, 0) is 30.8 Å². The Labute approximate surface area is 177 Å². The molecule has 0 heterocycles. The summed E-state index contributed by atoms with van der Waals surface area (Å²) in [4.78, 5) is 24.7. The molecule has 8 heteroatoms. The number of amides is 1. The zero-order chi connectivity index (χ0) is 22.3. The second-order valence-corrected chi connectivity index (χ2v) is 9.02. The molecule has 0 radical (unpaired) electrons. The van der Waals surface area contributed by atoms with Crippen LogP contribution in [0.1, 0.15) is 49.4 Å². The van der Waals surface area contributed by atoms with E-state index in [1.54, 1.807) is 26.0 Å². The number of hydrogen-bond acceptors (Lipinski definition) is 5. The summed E-state index contributed by atoms with van der Waals surface area (Å²) < 4.78 is 27.9. The van der Waals surface area contributed by atoms with Crippen LogP contribution in [0.4, 0.5) is 0 Å². The predicted molar refractivity (Wildman–Crippen MR) is 114 cm³/mol. The number of aryl methyl sites for hydroxylation is 2. The Morgan fingerprint density at radius 2 is 1.63 bits per heavy atom. The summed E-state index contributed by atoms with van der Waals surface area (Å²) in [7, 11) is -3.74. The van der Waals surface area contributed by atoms with E-state index in [1.165, 1.54) is 12.1 Å². The van der Waals surface area contributed by atoms with E-state index in [0.717, 1.165) is 16.7 Å². The maximum atomic E-state index is 12.5. The molecule has 0 saturated heterocycles. The fraction of sp³-hybridized carbons (Fsp3) is 0.364. The molecule has 2 rings (SSSR count). The summed E-state index contributed by atoms with van der Waals surface area (Å²) in [6, 6.07) is 13.2. The molecule has 30 heavy (non-hydrogen) atoms. The van der Waals surface area contributed by atoms with Gasteiger partial charge in [0.2, 0.25) is 15.9 Å². The van der Waals surface area contributed by atoms with Crippen molar-refractivity contribution in [2.45, 2.75) is 57.1 Å². The number of hydrogen-bond donors (Lipinski definition) is 2. The second kappa shape index (κ2) is 10.4. The Balaban J connectivity index is 2.02. The molecule has 0 aliphatic rings. The van der Waals surface area contributed by atoms with Gasteiger partial charge in [-0.1, -0.05) is 42.0 Å². The SMILES string of the molecule is Cc1ccc(C(CC(=O)OC(C)C)NC(=O)CCc2ccc(S(N)(=O)=O)cc2)cc1. The lowest BCUT2D eigenvalue weighted by atomic mass is 10.0. The topological polar surface area (TPSA) is 116 Å². The minimum atomic E-state index is -3.74. The van der Waals surface area contributed by atoms with Crippen LogP contribution in [0.25, 0.3) is 0 Å². The molecule has 0 spiro atoms. The molecular weight excluding hydrogens is 404 g/mol. The molecule has 0 aliphatic heterocycles. The Kier molecular flexibility index (Phi) is 8.14. The largest absolute Gasteiger partial charge is 0.463 e. The molecule has 1 atom stereocenters. The minimum absolute atomic E-state index is 0.0267. The lowest BCUT2D eigenvalue weighted by Gasteiger charge is -2.20. The number of sulfonamides is 1. The standard InChI is InChI=1S/C22H28N2O5S/c1-15(2)29-22(26)14-20(18-9-4-16(3)5-10-18)24-21(25)13-8-17-6-11-19(12-7-17)30(23,27)28/h4-7,9-12,15,20H,8,13-14H2,1-3H3,(H,24,25)(H2,23,27,28). The average Bonchev–Trinajstić information content (AvgIpc) is 2.65. The molecular formula is C22H28N2O5S. The minimum Gasteiger partial charge on any atom is -0.463 e. The lowest BCUT2D eigenvalue weighted by Crippen LogP contribution is -2.31. The normalized spacial score (nSPS) is 12.4. The molecule has 0 fully saturated rings. The summed E-state index contributed by atoms with van der Waals surface area (Å²) in [5.74, 6) is -0.595. The molecule has 0 saturated carbocycles. The highest BCUT2D eigenvalue weighted by Crippen LogP contribution is 2.19. The third-order valence-electron chi connectivity index (χ3n) is 4.45. The van der Waals surface area contributed by atoms with Crippen molar-refractivity contribution in [1.29, 1.82) is 0 Å². The van der Waals surface area contributed by atoms with Crippen molar-refractivity contribution in [1.82, 2.24) is 5.32 Å². The Morgan fingerprint density at radius 1 is 1.03 bits per heavy atom. The molecule has 0 aromatic heterocycles. The Bertz CT molecular complexity index is 968. The van der Waals surface area contributed by atoms with Crippen LogP contribution in [0, 0.1) is 6.92 Å². The molecule has 1 amide bonds. The highest BCUT2D eigenvalue weighted by molar-refractivity contribution is 7.89. The van der Waals surface area contributed by atoms with Gasteiger partial charge in [-0.05, 0) is 50.5 Å². The first-order valence-corrected chi connectivity index (χ1v) is 11.3. The van der Waals surface area contributed by atoms with Crippen LogP contribution >= 0.6 is 0 Å². The number of ether oxygens (including phenoxy) is 1. The Hall–Kier alpha value is -2.71. The van der Waals surface area contributed by atoms with Gasteiger partial charge in [0.1, 0.15) is 0 Å². The van der Waals surface area contributed by atoms with Gasteiger partial charge in [-0.2, -0.15) is 0 Å². The predicted octanol–water partition coefficient (Wildman–Crippen LogP) is 2.77. The first-order chi connectivity index (χ1) is 14.0. The maximum Gasteiger partial charge on any atom is 0.308 e. The van der Waals surface area contributed by atoms with Crippen molar-refractivity contribution in [2.75, 3.05) is 0 Å². The summed E-state index contributed by atoms with van der Waals surface area (Å²) in [5.41, 5.74) is 2.72. The van der Waals surface area contributed by atoms with E-state index in [1.807, 2.05) is 31.2 Å². The van der Waals surface area contributed by atoms with Gasteiger partial charge >= 0.3 is 5.97 Å². The third-order valence-corrected chi connectivity index (χ3v) is 5.37. The first kappa shape index (κ1) is 23.6. The van der Waals surface area contributed by atoms with Crippen molar-refractivity contribution in [3.63, 3.8) is 0 Å². The van der Waals surface area contributed by atoms with Gasteiger partial charge in [-0.15, -0.1) is 0 Å². The molecule has 2 aromatic carbocycles. The van der Waals surface area contributed by atoms with Gasteiger partial charge in [-0.25, -0.2) is 13.6 Å². The van der Waals surface area contributed by atoms with Crippen molar-refractivity contribution < 1.29 is 22.7 Å². The number of primary sulfonamides is 1. The summed E-state index contributed by atoms with van der Waals surface area (Å²) in [6.45, 7) is 5.52. The van der Waals surface area contributed by atoms with E-state index in [4.69, 9.17) is 9.88 Å². The van der Waals surface area contributed by atoms with Gasteiger partial charge < -0.3 is 10.1 Å². The fourth-order valence-corrected chi connectivity index (χ4v) is 3.41. The molecule has 2 aromatic rings. The third kappa shape index (κ3) is 7.61. The number of carbonyl (C=O) groups is 2. The van der Waals surface area contributed by atoms with Gasteiger partial charge in [0.25, 0.3) is 0 Å². The smallest absolute Gasteiger partial charge is 0.308 e. The van der Waals surface area contributed by atoms with E-state index >= 15 is 0 Å². The zero-order valence-electron chi connectivity index (χ0n) is 17.4. The summed E-state index contributed by atoms with van der Waals surface area (Å²) in [6.07, 6.45) is 0.423. The van der Waals surface area contributed by atoms with E-state index < -0.39 is 16.1 Å². The molecule has 7 nitrogen and oxygen atoms in total. The average molecular weight is 433 g/mol. The van der Waals surface area contributed by atoms with Crippen LogP contribution < -0.4 is 10.5 Å². The van der Waals surface area contributed by atoms with Gasteiger partial charge in [-0.3, -0.25) is 9.59 Å². The van der Waals surface area contributed by atoms with E-state index in [9.17, 15) is 18.0 Å². The first-order valence-electron chi connectivity index (χ1n) is 9.71. The maximum absolute atomic E-state index is 12.5. The highest BCUT2D eigenvalue weighted by Gasteiger charge is 2.20. The molecule has 0 bridgehead atoms. The van der Waals surface area contributed by atoms with E-state index in [2.05, 4.69) is 5.32 Å². The van der Waals surface area contributed by atoms with Gasteiger partial charge in [0.05, 0.1) is 23.5 Å². The van der Waals surface area contributed by atoms with Crippen LogP contribution in [0.3, 0.4) is 0 Å². The number of esters is 1. The van der Waals surface area contributed by atoms with Crippen molar-refractivity contribution in [2.24, 2.45) is 5.14 Å². The number of benzene rings is 2. The van der Waals surface area contributed by atoms with E-state index in [-0.39, 0.29) is 35.7 Å².